The lowest BCUT2D eigenvalue weighted by atomic mass is 10.1. The summed E-state index contributed by atoms with van der Waals surface area (Å²) in [5.74, 6) is -0.543. The van der Waals surface area contributed by atoms with Crippen molar-refractivity contribution in [3.8, 4) is 0 Å². The number of halogens is 1. The summed E-state index contributed by atoms with van der Waals surface area (Å²) in [6.07, 6.45) is 0.523. The molecule has 0 bridgehead atoms. The molecule has 1 heterocycles. The van der Waals surface area contributed by atoms with Crippen molar-refractivity contribution in [1.29, 1.82) is 0 Å². The van der Waals surface area contributed by atoms with E-state index in [1.54, 1.807) is 23.1 Å². The van der Waals surface area contributed by atoms with Crippen molar-refractivity contribution in [2.45, 2.75) is 38.1 Å². The maximum absolute atomic E-state index is 13.2. The van der Waals surface area contributed by atoms with Crippen molar-refractivity contribution in [2.24, 2.45) is 0 Å². The third kappa shape index (κ3) is 3.43. The number of anilines is 1. The van der Waals surface area contributed by atoms with Gasteiger partial charge in [0, 0.05) is 24.7 Å². The first-order valence-corrected chi connectivity index (χ1v) is 10.5. The van der Waals surface area contributed by atoms with Crippen LogP contribution in [0.3, 0.4) is 0 Å². The summed E-state index contributed by atoms with van der Waals surface area (Å²) >= 11 is 0. The van der Waals surface area contributed by atoms with Crippen LogP contribution in [0.1, 0.15) is 36.7 Å². The molecular formula is C20H23FN2O3S. The zero-order valence-electron chi connectivity index (χ0n) is 15.6. The number of rotatable bonds is 5. The van der Waals surface area contributed by atoms with Gasteiger partial charge < -0.3 is 4.90 Å². The maximum atomic E-state index is 13.2. The van der Waals surface area contributed by atoms with Gasteiger partial charge in [0.2, 0.25) is 0 Å². The summed E-state index contributed by atoms with van der Waals surface area (Å²) in [5, 5.41) is 0. The van der Waals surface area contributed by atoms with Crippen LogP contribution < -0.4 is 4.31 Å². The van der Waals surface area contributed by atoms with E-state index < -0.39 is 15.8 Å². The first-order valence-electron chi connectivity index (χ1n) is 9.01. The predicted molar refractivity (Wildman–Crippen MR) is 103 cm³/mol. The number of benzene rings is 2. The summed E-state index contributed by atoms with van der Waals surface area (Å²) in [5.41, 5.74) is 1.96. The number of fused-ring (bicyclic) bond motifs is 1. The molecule has 0 aromatic heterocycles. The summed E-state index contributed by atoms with van der Waals surface area (Å²) < 4.78 is 40.7. The number of carbonyl (C=O) groups is 1. The van der Waals surface area contributed by atoms with Crippen molar-refractivity contribution >= 4 is 21.6 Å². The quantitative estimate of drug-likeness (QED) is 0.786. The third-order valence-electron chi connectivity index (χ3n) is 4.90. The molecule has 27 heavy (non-hydrogen) atoms. The predicted octanol–water partition coefficient (Wildman–Crippen LogP) is 3.45. The fourth-order valence-corrected chi connectivity index (χ4v) is 5.21. The molecular weight excluding hydrogens is 367 g/mol. The first-order chi connectivity index (χ1) is 12.8. The summed E-state index contributed by atoms with van der Waals surface area (Å²) in [4.78, 5) is 14.4. The van der Waals surface area contributed by atoms with Crippen LogP contribution in [0.25, 0.3) is 0 Å². The molecule has 1 aliphatic heterocycles. The molecule has 0 spiro atoms. The second-order valence-corrected chi connectivity index (χ2v) is 8.44. The second-order valence-electron chi connectivity index (χ2n) is 6.63. The van der Waals surface area contributed by atoms with Gasteiger partial charge in [-0.15, -0.1) is 0 Å². The van der Waals surface area contributed by atoms with E-state index in [-0.39, 0.29) is 16.8 Å². The first kappa shape index (κ1) is 19.4. The third-order valence-corrected chi connectivity index (χ3v) is 6.84. The van der Waals surface area contributed by atoms with Gasteiger partial charge in [-0.1, -0.05) is 0 Å². The Balaban J connectivity index is 1.99. The standard InChI is InChI=1S/C20H23FN2O3S/c1-4-22(5-2)20(24)15-6-11-19-16(13-15)12-14(3)23(19)27(25,26)18-9-7-17(21)8-10-18/h6-11,13-14H,4-5,12H2,1-3H3/t14-/m0/s1. The van der Waals surface area contributed by atoms with E-state index >= 15 is 0 Å². The highest BCUT2D eigenvalue weighted by Gasteiger charge is 2.36. The maximum Gasteiger partial charge on any atom is 0.264 e. The minimum absolute atomic E-state index is 0.0481. The molecule has 1 atom stereocenters. The van der Waals surface area contributed by atoms with Crippen molar-refractivity contribution in [3.63, 3.8) is 0 Å². The van der Waals surface area contributed by atoms with E-state index in [1.165, 1.54) is 16.4 Å². The molecule has 2 aromatic rings. The number of sulfonamides is 1. The van der Waals surface area contributed by atoms with E-state index in [9.17, 15) is 17.6 Å². The Bertz CT molecular complexity index is 954. The van der Waals surface area contributed by atoms with E-state index in [0.717, 1.165) is 17.7 Å². The lowest BCUT2D eigenvalue weighted by Gasteiger charge is -2.24. The largest absolute Gasteiger partial charge is 0.339 e. The molecule has 0 N–H and O–H groups in total. The Morgan fingerprint density at radius 1 is 1.15 bits per heavy atom. The molecule has 1 amide bonds. The van der Waals surface area contributed by atoms with Crippen LogP contribution in [0.2, 0.25) is 0 Å². The smallest absolute Gasteiger partial charge is 0.264 e. The molecule has 3 rings (SSSR count). The van der Waals surface area contributed by atoms with Crippen LogP contribution in [0.5, 0.6) is 0 Å². The molecule has 0 radical (unpaired) electrons. The summed E-state index contributed by atoms with van der Waals surface area (Å²) in [6, 6.07) is 9.68. The van der Waals surface area contributed by atoms with E-state index in [4.69, 9.17) is 0 Å². The monoisotopic (exact) mass is 390 g/mol. The molecule has 5 nitrogen and oxygen atoms in total. The Labute approximate surface area is 159 Å². The molecule has 1 aliphatic rings. The van der Waals surface area contributed by atoms with Gasteiger partial charge in [0.15, 0.2) is 0 Å². The van der Waals surface area contributed by atoms with Crippen LogP contribution in [0.15, 0.2) is 47.4 Å². The van der Waals surface area contributed by atoms with Gasteiger partial charge in [0.05, 0.1) is 10.6 Å². The fourth-order valence-electron chi connectivity index (χ4n) is 3.52. The summed E-state index contributed by atoms with van der Waals surface area (Å²) in [7, 11) is -3.81. The fraction of sp³-hybridized carbons (Fsp3) is 0.350. The van der Waals surface area contributed by atoms with Gasteiger partial charge >= 0.3 is 0 Å². The minimum Gasteiger partial charge on any atom is -0.339 e. The van der Waals surface area contributed by atoms with Gasteiger partial charge in [0.1, 0.15) is 5.82 Å². The molecule has 0 aliphatic carbocycles. The zero-order valence-corrected chi connectivity index (χ0v) is 16.5. The van der Waals surface area contributed by atoms with Crippen LogP contribution in [-0.4, -0.2) is 38.4 Å². The van der Waals surface area contributed by atoms with Crippen molar-refractivity contribution in [3.05, 3.63) is 59.4 Å². The molecule has 0 unspecified atom stereocenters. The van der Waals surface area contributed by atoms with Crippen LogP contribution in [-0.2, 0) is 16.4 Å². The Morgan fingerprint density at radius 2 is 1.78 bits per heavy atom. The number of carbonyl (C=O) groups excluding carboxylic acids is 1. The molecule has 0 saturated carbocycles. The number of hydrogen-bond acceptors (Lipinski definition) is 3. The Morgan fingerprint density at radius 3 is 2.37 bits per heavy atom. The lowest BCUT2D eigenvalue weighted by molar-refractivity contribution is 0.0773. The van der Waals surface area contributed by atoms with Crippen molar-refractivity contribution in [1.82, 2.24) is 4.90 Å². The number of nitrogens with zero attached hydrogens (tertiary/aromatic N) is 2. The Hall–Kier alpha value is -2.41. The van der Waals surface area contributed by atoms with Gasteiger partial charge in [-0.2, -0.15) is 0 Å². The SMILES string of the molecule is CCN(CC)C(=O)c1ccc2c(c1)C[C@H](C)N2S(=O)(=O)c1ccc(F)cc1. The minimum atomic E-state index is -3.81. The van der Waals surface area contributed by atoms with Crippen LogP contribution in [0, 0.1) is 5.82 Å². The highest BCUT2D eigenvalue weighted by molar-refractivity contribution is 7.92. The Kier molecular flexibility index (Phi) is 5.24. The molecule has 2 aromatic carbocycles. The van der Waals surface area contributed by atoms with Gasteiger partial charge in [-0.25, -0.2) is 12.8 Å². The highest BCUT2D eigenvalue weighted by Crippen LogP contribution is 2.37. The van der Waals surface area contributed by atoms with E-state index in [2.05, 4.69) is 0 Å². The van der Waals surface area contributed by atoms with E-state index in [1.807, 2.05) is 20.8 Å². The highest BCUT2D eigenvalue weighted by atomic mass is 32.2. The molecule has 0 fully saturated rings. The molecule has 144 valence electrons. The van der Waals surface area contributed by atoms with Crippen LogP contribution in [0.4, 0.5) is 10.1 Å². The molecule has 7 heteroatoms. The summed E-state index contributed by atoms with van der Waals surface area (Å²) in [6.45, 7) is 6.91. The average Bonchev–Trinajstić information content (AvgIpc) is 2.98. The number of hydrogen-bond donors (Lipinski definition) is 0. The number of amides is 1. The van der Waals surface area contributed by atoms with Crippen molar-refractivity contribution in [2.75, 3.05) is 17.4 Å². The van der Waals surface area contributed by atoms with E-state index in [0.29, 0.717) is 30.8 Å². The van der Waals surface area contributed by atoms with Crippen molar-refractivity contribution < 1.29 is 17.6 Å². The zero-order chi connectivity index (χ0) is 19.8. The van der Waals surface area contributed by atoms with Gasteiger partial charge in [-0.3, -0.25) is 9.10 Å². The lowest BCUT2D eigenvalue weighted by Crippen LogP contribution is -2.35. The van der Waals surface area contributed by atoms with Gasteiger partial charge in [0.25, 0.3) is 15.9 Å². The normalized spacial score (nSPS) is 16.3. The van der Waals surface area contributed by atoms with Gasteiger partial charge in [-0.05, 0) is 75.2 Å². The average molecular weight is 390 g/mol. The molecule has 0 saturated heterocycles. The van der Waals surface area contributed by atoms with Crippen LogP contribution >= 0.6 is 0 Å². The second kappa shape index (κ2) is 7.31. The topological polar surface area (TPSA) is 57.7 Å².